The van der Waals surface area contributed by atoms with Gasteiger partial charge in [0.1, 0.15) is 6.33 Å². The van der Waals surface area contributed by atoms with Gasteiger partial charge in [-0.2, -0.15) is 5.10 Å². The van der Waals surface area contributed by atoms with Crippen LogP contribution in [0.15, 0.2) is 60.1 Å². The SMILES string of the molecule is Cc1cccnc1CNS(=O)(=O)c1ncnn1-c1ccccc1. The van der Waals surface area contributed by atoms with E-state index in [4.69, 9.17) is 0 Å². The first-order chi connectivity index (χ1) is 11.1. The Bertz CT molecular complexity index is 906. The maximum atomic E-state index is 12.5. The largest absolute Gasteiger partial charge is 0.276 e. The van der Waals surface area contributed by atoms with Crippen molar-refractivity contribution in [2.45, 2.75) is 18.6 Å². The van der Waals surface area contributed by atoms with Gasteiger partial charge in [-0.3, -0.25) is 4.98 Å². The summed E-state index contributed by atoms with van der Waals surface area (Å²) in [6.45, 7) is 1.97. The van der Waals surface area contributed by atoms with Crippen molar-refractivity contribution >= 4 is 10.0 Å². The standard InChI is InChI=1S/C15H15N5O2S/c1-12-6-5-9-16-14(12)10-19-23(21,22)15-17-11-18-20(15)13-7-3-2-4-8-13/h2-9,11,19H,10H2,1H3. The van der Waals surface area contributed by atoms with Gasteiger partial charge >= 0.3 is 0 Å². The highest BCUT2D eigenvalue weighted by molar-refractivity contribution is 7.89. The maximum absolute atomic E-state index is 12.5. The monoisotopic (exact) mass is 329 g/mol. The third-order valence-electron chi connectivity index (χ3n) is 3.31. The summed E-state index contributed by atoms with van der Waals surface area (Å²) < 4.78 is 28.8. The van der Waals surface area contributed by atoms with Crippen molar-refractivity contribution in [3.05, 3.63) is 66.2 Å². The number of hydrogen-bond donors (Lipinski definition) is 1. The summed E-state index contributed by atoms with van der Waals surface area (Å²) >= 11 is 0. The number of rotatable bonds is 5. The number of para-hydroxylation sites is 1. The molecule has 0 saturated heterocycles. The van der Waals surface area contributed by atoms with Crippen LogP contribution in [0, 0.1) is 6.92 Å². The second kappa shape index (κ2) is 6.27. The molecule has 0 fully saturated rings. The average Bonchev–Trinajstić information content (AvgIpc) is 3.06. The summed E-state index contributed by atoms with van der Waals surface area (Å²) in [5.41, 5.74) is 2.21. The molecule has 0 aliphatic carbocycles. The van der Waals surface area contributed by atoms with Gasteiger partial charge < -0.3 is 0 Å². The molecule has 0 atom stereocenters. The number of hydrogen-bond acceptors (Lipinski definition) is 5. The number of nitrogens with one attached hydrogen (secondary N) is 1. The molecule has 0 amide bonds. The van der Waals surface area contributed by atoms with E-state index in [0.29, 0.717) is 11.4 Å². The fourth-order valence-corrected chi connectivity index (χ4v) is 3.11. The molecule has 23 heavy (non-hydrogen) atoms. The third kappa shape index (κ3) is 3.27. The van der Waals surface area contributed by atoms with Crippen LogP contribution in [0.4, 0.5) is 0 Å². The second-order valence-corrected chi connectivity index (χ2v) is 6.54. The molecule has 0 saturated carbocycles. The predicted molar refractivity (Wildman–Crippen MR) is 84.4 cm³/mol. The Morgan fingerprint density at radius 1 is 1.09 bits per heavy atom. The number of nitrogens with zero attached hydrogens (tertiary/aromatic N) is 4. The maximum Gasteiger partial charge on any atom is 0.276 e. The van der Waals surface area contributed by atoms with Gasteiger partial charge in [0.05, 0.1) is 17.9 Å². The molecule has 0 bridgehead atoms. The summed E-state index contributed by atoms with van der Waals surface area (Å²) in [6, 6.07) is 12.7. The minimum absolute atomic E-state index is 0.0939. The summed E-state index contributed by atoms with van der Waals surface area (Å²) in [4.78, 5) is 8.05. The van der Waals surface area contributed by atoms with Crippen molar-refractivity contribution in [3.8, 4) is 5.69 Å². The molecule has 0 aliphatic rings. The molecule has 118 valence electrons. The van der Waals surface area contributed by atoms with E-state index < -0.39 is 10.0 Å². The highest BCUT2D eigenvalue weighted by Crippen LogP contribution is 2.13. The van der Waals surface area contributed by atoms with Crippen molar-refractivity contribution in [3.63, 3.8) is 0 Å². The summed E-state index contributed by atoms with van der Waals surface area (Å²) in [5.74, 6) is 0. The molecule has 3 aromatic rings. The van der Waals surface area contributed by atoms with E-state index in [2.05, 4.69) is 19.8 Å². The van der Waals surface area contributed by atoms with Crippen molar-refractivity contribution in [2.24, 2.45) is 0 Å². The van der Waals surface area contributed by atoms with Crippen molar-refractivity contribution in [2.75, 3.05) is 0 Å². The van der Waals surface area contributed by atoms with Gasteiger partial charge in [0.2, 0.25) is 0 Å². The molecular formula is C15H15N5O2S. The van der Waals surface area contributed by atoms with E-state index in [1.165, 1.54) is 11.0 Å². The Morgan fingerprint density at radius 2 is 1.87 bits per heavy atom. The van der Waals surface area contributed by atoms with Gasteiger partial charge in [-0.1, -0.05) is 24.3 Å². The fraction of sp³-hybridized carbons (Fsp3) is 0.133. The zero-order valence-electron chi connectivity index (χ0n) is 12.4. The Balaban J connectivity index is 1.87. The van der Waals surface area contributed by atoms with Gasteiger partial charge in [-0.15, -0.1) is 0 Å². The smallest absolute Gasteiger partial charge is 0.260 e. The van der Waals surface area contributed by atoms with E-state index in [1.807, 2.05) is 19.1 Å². The van der Waals surface area contributed by atoms with Crippen LogP contribution in [0.2, 0.25) is 0 Å². The Morgan fingerprint density at radius 3 is 2.61 bits per heavy atom. The van der Waals surface area contributed by atoms with Crippen LogP contribution >= 0.6 is 0 Å². The first-order valence-electron chi connectivity index (χ1n) is 6.93. The van der Waals surface area contributed by atoms with Gasteiger partial charge in [-0.25, -0.2) is 22.8 Å². The van der Waals surface area contributed by atoms with Gasteiger partial charge in [0, 0.05) is 6.20 Å². The lowest BCUT2D eigenvalue weighted by Gasteiger charge is -2.09. The van der Waals surface area contributed by atoms with Crippen LogP contribution < -0.4 is 4.72 Å². The van der Waals surface area contributed by atoms with Crippen LogP contribution in [0.1, 0.15) is 11.3 Å². The minimum atomic E-state index is -3.81. The molecule has 0 aliphatic heterocycles. The van der Waals surface area contributed by atoms with Gasteiger partial charge in [-0.05, 0) is 30.7 Å². The van der Waals surface area contributed by atoms with Crippen LogP contribution in [0.25, 0.3) is 5.69 Å². The van der Waals surface area contributed by atoms with Crippen molar-refractivity contribution in [1.82, 2.24) is 24.5 Å². The number of sulfonamides is 1. The molecule has 3 rings (SSSR count). The number of pyridine rings is 1. The van der Waals surface area contributed by atoms with Crippen LogP contribution in [0.5, 0.6) is 0 Å². The van der Waals surface area contributed by atoms with Gasteiger partial charge in [0.15, 0.2) is 0 Å². The topological polar surface area (TPSA) is 89.8 Å². The minimum Gasteiger partial charge on any atom is -0.260 e. The molecule has 7 nitrogen and oxygen atoms in total. The van der Waals surface area contributed by atoms with Crippen molar-refractivity contribution in [1.29, 1.82) is 0 Å². The number of benzene rings is 1. The Kier molecular flexibility index (Phi) is 4.18. The first kappa shape index (κ1) is 15.3. The van der Waals surface area contributed by atoms with Crippen LogP contribution in [-0.4, -0.2) is 28.2 Å². The van der Waals surface area contributed by atoms with Crippen LogP contribution in [-0.2, 0) is 16.6 Å². The quantitative estimate of drug-likeness (QED) is 0.765. The average molecular weight is 329 g/mol. The van der Waals surface area contributed by atoms with E-state index in [0.717, 1.165) is 5.56 Å². The molecule has 0 radical (unpaired) electrons. The Labute approximate surface area is 134 Å². The summed E-state index contributed by atoms with van der Waals surface area (Å²) in [5, 5.41) is 3.84. The Hall–Kier alpha value is -2.58. The van der Waals surface area contributed by atoms with Gasteiger partial charge in [0.25, 0.3) is 15.2 Å². The molecule has 8 heteroatoms. The molecule has 0 spiro atoms. The van der Waals surface area contributed by atoms with E-state index in [9.17, 15) is 8.42 Å². The molecular weight excluding hydrogens is 314 g/mol. The molecule has 1 N–H and O–H groups in total. The predicted octanol–water partition coefficient (Wildman–Crippen LogP) is 1.45. The van der Waals surface area contributed by atoms with E-state index in [1.54, 1.807) is 36.5 Å². The van der Waals surface area contributed by atoms with Crippen molar-refractivity contribution < 1.29 is 8.42 Å². The normalized spacial score (nSPS) is 11.5. The first-order valence-corrected chi connectivity index (χ1v) is 8.42. The third-order valence-corrected chi connectivity index (χ3v) is 4.59. The molecule has 2 heterocycles. The second-order valence-electron chi connectivity index (χ2n) is 4.88. The van der Waals surface area contributed by atoms with Crippen LogP contribution in [0.3, 0.4) is 0 Å². The summed E-state index contributed by atoms with van der Waals surface area (Å²) in [6.07, 6.45) is 2.84. The number of aromatic nitrogens is 4. The van der Waals surface area contributed by atoms with E-state index in [-0.39, 0.29) is 11.7 Å². The lowest BCUT2D eigenvalue weighted by atomic mass is 10.2. The zero-order chi connectivity index (χ0) is 16.3. The summed E-state index contributed by atoms with van der Waals surface area (Å²) in [7, 11) is -3.81. The fourth-order valence-electron chi connectivity index (χ4n) is 2.09. The molecule has 1 aromatic carbocycles. The lowest BCUT2D eigenvalue weighted by Crippen LogP contribution is -2.27. The highest BCUT2D eigenvalue weighted by atomic mass is 32.2. The molecule has 0 unspecified atom stereocenters. The highest BCUT2D eigenvalue weighted by Gasteiger charge is 2.22. The van der Waals surface area contributed by atoms with E-state index >= 15 is 0 Å². The molecule has 2 aromatic heterocycles. The lowest BCUT2D eigenvalue weighted by molar-refractivity contribution is 0.564. The zero-order valence-corrected chi connectivity index (χ0v) is 13.2. The number of aryl methyl sites for hydroxylation is 1.